The van der Waals surface area contributed by atoms with Crippen LogP contribution in [-0.2, 0) is 11.3 Å². The van der Waals surface area contributed by atoms with Gasteiger partial charge in [-0.05, 0) is 26.2 Å². The molecule has 0 radical (unpaired) electrons. The average molecular weight is 364 g/mol. The van der Waals surface area contributed by atoms with Crippen molar-refractivity contribution in [3.63, 3.8) is 0 Å². The number of ether oxygens (including phenoxy) is 1. The van der Waals surface area contributed by atoms with Crippen LogP contribution in [0.15, 0.2) is 22.8 Å². The van der Waals surface area contributed by atoms with Gasteiger partial charge in [0, 0.05) is 37.5 Å². The van der Waals surface area contributed by atoms with Crippen LogP contribution in [0, 0.1) is 0 Å². The molecule has 2 aromatic rings. The van der Waals surface area contributed by atoms with Crippen molar-refractivity contribution in [1.29, 1.82) is 0 Å². The van der Waals surface area contributed by atoms with Gasteiger partial charge in [-0.15, -0.1) is 11.3 Å². The summed E-state index contributed by atoms with van der Waals surface area (Å²) in [6.07, 6.45) is 12.1. The second kappa shape index (κ2) is 9.77. The first-order chi connectivity index (χ1) is 12.3. The SMILES string of the molecule is CCNC(=NCc1cn2ccsc2n1)NCCCOC1CCCCC1. The Bertz CT molecular complexity index is 631. The second-order valence-corrected chi connectivity index (χ2v) is 7.30. The Hall–Kier alpha value is -1.60. The molecule has 1 aliphatic carbocycles. The van der Waals surface area contributed by atoms with E-state index in [2.05, 4.69) is 27.5 Å². The van der Waals surface area contributed by atoms with E-state index in [0.29, 0.717) is 12.6 Å². The summed E-state index contributed by atoms with van der Waals surface area (Å²) in [7, 11) is 0. The van der Waals surface area contributed by atoms with Crippen molar-refractivity contribution in [3.8, 4) is 0 Å². The Morgan fingerprint density at radius 3 is 3.04 bits per heavy atom. The number of imidazole rings is 1. The van der Waals surface area contributed by atoms with Crippen molar-refractivity contribution in [1.82, 2.24) is 20.0 Å². The summed E-state index contributed by atoms with van der Waals surface area (Å²) in [6, 6.07) is 0. The number of hydrogen-bond acceptors (Lipinski definition) is 4. The number of nitrogens with zero attached hydrogens (tertiary/aromatic N) is 3. The van der Waals surface area contributed by atoms with Crippen molar-refractivity contribution in [3.05, 3.63) is 23.5 Å². The maximum atomic E-state index is 5.97. The smallest absolute Gasteiger partial charge is 0.193 e. The minimum absolute atomic E-state index is 0.491. The third-order valence-electron chi connectivity index (χ3n) is 4.41. The molecule has 7 heteroatoms. The minimum atomic E-state index is 0.491. The van der Waals surface area contributed by atoms with Gasteiger partial charge in [-0.25, -0.2) is 9.98 Å². The molecule has 0 unspecified atom stereocenters. The zero-order valence-electron chi connectivity index (χ0n) is 15.0. The van der Waals surface area contributed by atoms with E-state index in [1.54, 1.807) is 11.3 Å². The van der Waals surface area contributed by atoms with E-state index in [1.807, 2.05) is 22.2 Å². The van der Waals surface area contributed by atoms with Gasteiger partial charge in [-0.2, -0.15) is 0 Å². The molecule has 1 aliphatic rings. The van der Waals surface area contributed by atoms with Gasteiger partial charge in [0.2, 0.25) is 0 Å². The number of fused-ring (bicyclic) bond motifs is 1. The molecule has 0 bridgehead atoms. The van der Waals surface area contributed by atoms with E-state index in [1.165, 1.54) is 32.1 Å². The third kappa shape index (κ3) is 5.71. The van der Waals surface area contributed by atoms with Crippen molar-refractivity contribution in [2.45, 2.75) is 58.1 Å². The Balaban J connectivity index is 1.38. The maximum Gasteiger partial charge on any atom is 0.193 e. The molecule has 2 N–H and O–H groups in total. The summed E-state index contributed by atoms with van der Waals surface area (Å²) in [5.41, 5.74) is 0.990. The minimum Gasteiger partial charge on any atom is -0.378 e. The van der Waals surface area contributed by atoms with Gasteiger partial charge in [-0.3, -0.25) is 4.40 Å². The molecule has 0 aliphatic heterocycles. The van der Waals surface area contributed by atoms with Crippen molar-refractivity contribution in [2.75, 3.05) is 19.7 Å². The van der Waals surface area contributed by atoms with Gasteiger partial charge >= 0.3 is 0 Å². The summed E-state index contributed by atoms with van der Waals surface area (Å²) in [5, 5.41) is 8.71. The highest BCUT2D eigenvalue weighted by atomic mass is 32.1. The van der Waals surface area contributed by atoms with Crippen LogP contribution in [-0.4, -0.2) is 41.1 Å². The Kier molecular flexibility index (Phi) is 7.11. The number of aliphatic imine (C=N–C) groups is 1. The van der Waals surface area contributed by atoms with Gasteiger partial charge in [0.15, 0.2) is 10.9 Å². The van der Waals surface area contributed by atoms with Crippen molar-refractivity contribution >= 4 is 22.3 Å². The Morgan fingerprint density at radius 1 is 1.36 bits per heavy atom. The summed E-state index contributed by atoms with van der Waals surface area (Å²) >= 11 is 1.64. The van der Waals surface area contributed by atoms with E-state index in [9.17, 15) is 0 Å². The highest BCUT2D eigenvalue weighted by Gasteiger charge is 2.13. The van der Waals surface area contributed by atoms with E-state index in [4.69, 9.17) is 4.74 Å². The highest BCUT2D eigenvalue weighted by Crippen LogP contribution is 2.20. The Labute approximate surface area is 153 Å². The standard InChI is InChI=1S/C18H29N5OS/c1-2-19-17(20-9-6-11-24-16-7-4-3-5-8-16)21-13-15-14-23-10-12-25-18(23)22-15/h10,12,14,16H,2-9,11,13H2,1H3,(H2,19,20,21). The van der Waals surface area contributed by atoms with Gasteiger partial charge in [-0.1, -0.05) is 19.3 Å². The topological polar surface area (TPSA) is 63.0 Å². The van der Waals surface area contributed by atoms with Crippen LogP contribution in [0.2, 0.25) is 0 Å². The van der Waals surface area contributed by atoms with Crippen LogP contribution in [0.3, 0.4) is 0 Å². The number of rotatable bonds is 8. The molecular formula is C18H29N5OS. The second-order valence-electron chi connectivity index (χ2n) is 6.43. The molecule has 138 valence electrons. The van der Waals surface area contributed by atoms with Crippen LogP contribution in [0.5, 0.6) is 0 Å². The van der Waals surface area contributed by atoms with Gasteiger partial charge < -0.3 is 15.4 Å². The molecule has 2 heterocycles. The van der Waals surface area contributed by atoms with Crippen molar-refractivity contribution in [2.24, 2.45) is 4.99 Å². The van der Waals surface area contributed by atoms with Crippen LogP contribution in [0.25, 0.3) is 4.96 Å². The molecule has 0 atom stereocenters. The molecule has 25 heavy (non-hydrogen) atoms. The monoisotopic (exact) mass is 363 g/mol. The number of hydrogen-bond donors (Lipinski definition) is 2. The fraction of sp³-hybridized carbons (Fsp3) is 0.667. The molecule has 0 spiro atoms. The lowest BCUT2D eigenvalue weighted by molar-refractivity contribution is 0.0277. The fourth-order valence-electron chi connectivity index (χ4n) is 3.11. The van der Waals surface area contributed by atoms with Crippen LogP contribution in [0.1, 0.15) is 51.1 Å². The van der Waals surface area contributed by atoms with Crippen LogP contribution >= 0.6 is 11.3 Å². The largest absolute Gasteiger partial charge is 0.378 e. The zero-order valence-corrected chi connectivity index (χ0v) is 15.9. The number of aromatic nitrogens is 2. The molecule has 2 aromatic heterocycles. The van der Waals surface area contributed by atoms with Crippen LogP contribution < -0.4 is 10.6 Å². The summed E-state index contributed by atoms with van der Waals surface area (Å²) in [4.78, 5) is 10.2. The predicted molar refractivity (Wildman–Crippen MR) is 103 cm³/mol. The Morgan fingerprint density at radius 2 is 2.24 bits per heavy atom. The molecule has 0 saturated heterocycles. The first-order valence-electron chi connectivity index (χ1n) is 9.40. The normalized spacial score (nSPS) is 16.4. The van der Waals surface area contributed by atoms with E-state index < -0.39 is 0 Å². The molecule has 0 aromatic carbocycles. The maximum absolute atomic E-state index is 5.97. The van der Waals surface area contributed by atoms with E-state index >= 15 is 0 Å². The van der Waals surface area contributed by atoms with E-state index in [0.717, 1.165) is 42.7 Å². The average Bonchev–Trinajstić information content (AvgIpc) is 3.22. The zero-order chi connectivity index (χ0) is 17.3. The van der Waals surface area contributed by atoms with Gasteiger partial charge in [0.25, 0.3) is 0 Å². The summed E-state index contributed by atoms with van der Waals surface area (Å²) in [6.45, 7) is 5.21. The molecule has 1 saturated carbocycles. The molecule has 6 nitrogen and oxygen atoms in total. The quantitative estimate of drug-likeness (QED) is 0.429. The number of nitrogens with one attached hydrogen (secondary N) is 2. The summed E-state index contributed by atoms with van der Waals surface area (Å²) in [5.74, 6) is 0.844. The lowest BCUT2D eigenvalue weighted by Crippen LogP contribution is -2.38. The molecular weight excluding hydrogens is 334 g/mol. The first-order valence-corrected chi connectivity index (χ1v) is 10.3. The fourth-order valence-corrected chi connectivity index (χ4v) is 3.83. The summed E-state index contributed by atoms with van der Waals surface area (Å²) < 4.78 is 8.01. The lowest BCUT2D eigenvalue weighted by atomic mass is 9.98. The van der Waals surface area contributed by atoms with Crippen LogP contribution in [0.4, 0.5) is 0 Å². The van der Waals surface area contributed by atoms with Crippen molar-refractivity contribution < 1.29 is 4.74 Å². The lowest BCUT2D eigenvalue weighted by Gasteiger charge is -2.22. The van der Waals surface area contributed by atoms with E-state index in [-0.39, 0.29) is 0 Å². The number of thiazole rings is 1. The first kappa shape index (κ1) is 18.2. The molecule has 3 rings (SSSR count). The molecule has 0 amide bonds. The van der Waals surface area contributed by atoms with Gasteiger partial charge in [0.1, 0.15) is 0 Å². The third-order valence-corrected chi connectivity index (χ3v) is 5.18. The highest BCUT2D eigenvalue weighted by molar-refractivity contribution is 7.15. The van der Waals surface area contributed by atoms with Gasteiger partial charge in [0.05, 0.1) is 18.3 Å². The molecule has 1 fully saturated rings. The predicted octanol–water partition coefficient (Wildman–Crippen LogP) is 3.19. The number of guanidine groups is 1.